The first-order chi connectivity index (χ1) is 13.5. The molecule has 2 aromatic heterocycles. The second kappa shape index (κ2) is 7.11. The molecule has 0 aliphatic carbocycles. The lowest BCUT2D eigenvalue weighted by Crippen LogP contribution is -2.11. The monoisotopic (exact) mass is 376 g/mol. The van der Waals surface area contributed by atoms with Crippen molar-refractivity contribution < 1.29 is 14.2 Å². The highest BCUT2D eigenvalue weighted by Gasteiger charge is 2.11. The van der Waals surface area contributed by atoms with Crippen LogP contribution in [0, 0.1) is 12.7 Å². The SMILES string of the molecule is Cc1ccc(N(C)c2ccc(Oc3nc(O)c4ccncc4n3)cc2)c(F)c1. The Morgan fingerprint density at radius 3 is 2.57 bits per heavy atom. The van der Waals surface area contributed by atoms with Gasteiger partial charge in [0.05, 0.1) is 22.8 Å². The smallest absolute Gasteiger partial charge is 0.325 e. The highest BCUT2D eigenvalue weighted by atomic mass is 19.1. The van der Waals surface area contributed by atoms with Crippen molar-refractivity contribution >= 4 is 22.3 Å². The van der Waals surface area contributed by atoms with Gasteiger partial charge in [-0.1, -0.05) is 6.07 Å². The zero-order chi connectivity index (χ0) is 19.7. The Balaban J connectivity index is 1.56. The van der Waals surface area contributed by atoms with E-state index in [0.29, 0.717) is 22.3 Å². The maximum absolute atomic E-state index is 14.2. The lowest BCUT2D eigenvalue weighted by molar-refractivity contribution is 0.412. The molecule has 140 valence electrons. The number of fused-ring (bicyclic) bond motifs is 1. The molecule has 0 radical (unpaired) electrons. The first-order valence-corrected chi connectivity index (χ1v) is 8.60. The number of ether oxygens (including phenoxy) is 1. The normalized spacial score (nSPS) is 10.8. The number of pyridine rings is 1. The first kappa shape index (κ1) is 17.7. The number of aromatic nitrogens is 3. The molecule has 0 saturated heterocycles. The van der Waals surface area contributed by atoms with E-state index in [1.165, 1.54) is 12.3 Å². The number of aryl methyl sites for hydroxylation is 1. The van der Waals surface area contributed by atoms with Gasteiger partial charge in [-0.05, 0) is 55.0 Å². The number of anilines is 2. The first-order valence-electron chi connectivity index (χ1n) is 8.60. The van der Waals surface area contributed by atoms with Crippen molar-refractivity contribution in [3.63, 3.8) is 0 Å². The molecule has 7 heteroatoms. The zero-order valence-electron chi connectivity index (χ0n) is 15.3. The third kappa shape index (κ3) is 3.42. The summed E-state index contributed by atoms with van der Waals surface area (Å²) in [5, 5.41) is 10.5. The molecular formula is C21H17FN4O2. The minimum Gasteiger partial charge on any atom is -0.493 e. The van der Waals surface area contributed by atoms with Crippen molar-refractivity contribution in [1.29, 1.82) is 0 Å². The summed E-state index contributed by atoms with van der Waals surface area (Å²) in [5.41, 5.74) is 2.62. The maximum Gasteiger partial charge on any atom is 0.325 e. The van der Waals surface area contributed by atoms with Gasteiger partial charge in [0.2, 0.25) is 5.88 Å². The maximum atomic E-state index is 14.2. The number of aromatic hydroxyl groups is 1. The number of halogens is 1. The molecule has 28 heavy (non-hydrogen) atoms. The summed E-state index contributed by atoms with van der Waals surface area (Å²) in [4.78, 5) is 13.9. The van der Waals surface area contributed by atoms with E-state index in [4.69, 9.17) is 4.74 Å². The summed E-state index contributed by atoms with van der Waals surface area (Å²) in [6.45, 7) is 1.85. The molecule has 1 N–H and O–H groups in total. The van der Waals surface area contributed by atoms with Gasteiger partial charge < -0.3 is 14.7 Å². The lowest BCUT2D eigenvalue weighted by Gasteiger charge is -2.20. The van der Waals surface area contributed by atoms with E-state index in [1.54, 1.807) is 54.5 Å². The fourth-order valence-electron chi connectivity index (χ4n) is 2.86. The van der Waals surface area contributed by atoms with Crippen LogP contribution in [0.2, 0.25) is 0 Å². The number of hydrogen-bond acceptors (Lipinski definition) is 6. The molecule has 2 heterocycles. The van der Waals surface area contributed by atoms with Crippen LogP contribution in [0.25, 0.3) is 10.9 Å². The standard InChI is InChI=1S/C21H17FN4O2/c1-13-3-8-19(17(22)11-13)26(2)14-4-6-15(7-5-14)28-21-24-18-12-23-10-9-16(18)20(27)25-21/h3-12H,1-2H3,(H,24,25,27). The molecule has 0 fully saturated rings. The molecule has 0 spiro atoms. The van der Waals surface area contributed by atoms with E-state index >= 15 is 0 Å². The Morgan fingerprint density at radius 1 is 1.04 bits per heavy atom. The van der Waals surface area contributed by atoms with Gasteiger partial charge >= 0.3 is 6.01 Å². The third-order valence-corrected chi connectivity index (χ3v) is 4.36. The molecule has 0 atom stereocenters. The molecule has 0 aliphatic heterocycles. The minimum absolute atomic E-state index is 0.0173. The molecule has 0 aliphatic rings. The molecule has 4 rings (SSSR count). The summed E-state index contributed by atoms with van der Waals surface area (Å²) in [6.07, 6.45) is 3.08. The largest absolute Gasteiger partial charge is 0.493 e. The van der Waals surface area contributed by atoms with Crippen molar-refractivity contribution in [2.75, 3.05) is 11.9 Å². The Labute approximate surface area is 160 Å². The molecule has 6 nitrogen and oxygen atoms in total. The van der Waals surface area contributed by atoms with Crippen LogP contribution in [-0.4, -0.2) is 27.1 Å². The van der Waals surface area contributed by atoms with E-state index in [2.05, 4.69) is 15.0 Å². The van der Waals surface area contributed by atoms with Crippen LogP contribution in [0.4, 0.5) is 15.8 Å². The Bertz CT molecular complexity index is 1150. The average molecular weight is 376 g/mol. The molecule has 0 unspecified atom stereocenters. The van der Waals surface area contributed by atoms with Crippen LogP contribution in [0.3, 0.4) is 0 Å². The highest BCUT2D eigenvalue weighted by Crippen LogP contribution is 2.30. The van der Waals surface area contributed by atoms with Gasteiger partial charge in [-0.3, -0.25) is 4.98 Å². The van der Waals surface area contributed by atoms with Gasteiger partial charge in [0.25, 0.3) is 0 Å². The average Bonchev–Trinajstić information content (AvgIpc) is 2.68. The van der Waals surface area contributed by atoms with Gasteiger partial charge in [-0.15, -0.1) is 0 Å². The zero-order valence-corrected chi connectivity index (χ0v) is 15.3. The number of benzene rings is 2. The van der Waals surface area contributed by atoms with Crippen molar-refractivity contribution in [3.05, 3.63) is 72.3 Å². The fraction of sp³-hybridized carbons (Fsp3) is 0.0952. The van der Waals surface area contributed by atoms with Crippen molar-refractivity contribution in [2.24, 2.45) is 0 Å². The summed E-state index contributed by atoms with van der Waals surface area (Å²) < 4.78 is 19.9. The summed E-state index contributed by atoms with van der Waals surface area (Å²) >= 11 is 0. The van der Waals surface area contributed by atoms with Gasteiger partial charge in [0, 0.05) is 18.9 Å². The van der Waals surface area contributed by atoms with Crippen molar-refractivity contribution in [3.8, 4) is 17.6 Å². The molecule has 0 saturated carbocycles. The van der Waals surface area contributed by atoms with Crippen LogP contribution in [-0.2, 0) is 0 Å². The second-order valence-corrected chi connectivity index (χ2v) is 6.33. The van der Waals surface area contributed by atoms with Crippen LogP contribution in [0.15, 0.2) is 60.9 Å². The summed E-state index contributed by atoms with van der Waals surface area (Å²) in [6, 6.07) is 13.8. The van der Waals surface area contributed by atoms with E-state index in [0.717, 1.165) is 11.3 Å². The molecule has 2 aromatic carbocycles. The number of nitrogens with zero attached hydrogens (tertiary/aromatic N) is 4. The van der Waals surface area contributed by atoms with E-state index in [-0.39, 0.29) is 17.7 Å². The van der Waals surface area contributed by atoms with Crippen molar-refractivity contribution in [2.45, 2.75) is 6.92 Å². The number of hydrogen-bond donors (Lipinski definition) is 1. The second-order valence-electron chi connectivity index (χ2n) is 6.33. The van der Waals surface area contributed by atoms with E-state index in [1.807, 2.05) is 13.0 Å². The van der Waals surface area contributed by atoms with Crippen LogP contribution in [0.5, 0.6) is 17.6 Å². The van der Waals surface area contributed by atoms with Gasteiger partial charge in [0.1, 0.15) is 11.6 Å². The quantitative estimate of drug-likeness (QED) is 0.555. The summed E-state index contributed by atoms with van der Waals surface area (Å²) in [7, 11) is 1.79. The molecular weight excluding hydrogens is 359 g/mol. The minimum atomic E-state index is -0.281. The van der Waals surface area contributed by atoms with Crippen molar-refractivity contribution in [1.82, 2.24) is 15.0 Å². The molecule has 0 amide bonds. The third-order valence-electron chi connectivity index (χ3n) is 4.36. The topological polar surface area (TPSA) is 71.4 Å². The molecule has 0 bridgehead atoms. The van der Waals surface area contributed by atoms with Gasteiger partial charge in [0.15, 0.2) is 0 Å². The van der Waals surface area contributed by atoms with E-state index in [9.17, 15) is 9.50 Å². The van der Waals surface area contributed by atoms with Crippen LogP contribution < -0.4 is 9.64 Å². The van der Waals surface area contributed by atoms with E-state index < -0.39 is 0 Å². The summed E-state index contributed by atoms with van der Waals surface area (Å²) in [5.74, 6) is 0.0363. The van der Waals surface area contributed by atoms with Gasteiger partial charge in [-0.2, -0.15) is 9.97 Å². The predicted molar refractivity (Wildman–Crippen MR) is 105 cm³/mol. The van der Waals surface area contributed by atoms with Crippen LogP contribution in [0.1, 0.15) is 5.56 Å². The highest BCUT2D eigenvalue weighted by molar-refractivity contribution is 5.82. The van der Waals surface area contributed by atoms with Gasteiger partial charge in [-0.25, -0.2) is 4.39 Å². The predicted octanol–water partition coefficient (Wildman–Crippen LogP) is 4.74. The Hall–Kier alpha value is -3.74. The number of rotatable bonds is 4. The fourth-order valence-corrected chi connectivity index (χ4v) is 2.86. The Kier molecular flexibility index (Phi) is 4.49. The lowest BCUT2D eigenvalue weighted by atomic mass is 10.2. The Morgan fingerprint density at radius 2 is 1.82 bits per heavy atom. The van der Waals surface area contributed by atoms with Crippen LogP contribution >= 0.6 is 0 Å². The molecule has 4 aromatic rings.